The van der Waals surface area contributed by atoms with Crippen molar-refractivity contribution >= 4 is 27.4 Å². The highest BCUT2D eigenvalue weighted by atomic mass is 35.5. The molecule has 0 saturated carbocycles. The second kappa shape index (κ2) is 14.0. The fourth-order valence-electron chi connectivity index (χ4n) is 7.39. The van der Waals surface area contributed by atoms with Crippen molar-refractivity contribution in [2.24, 2.45) is 5.73 Å². The number of hydrogen-bond acceptors (Lipinski definition) is 6. The first kappa shape index (κ1) is 33.7. The zero-order chi connectivity index (χ0) is 32.4. The van der Waals surface area contributed by atoms with E-state index in [1.54, 1.807) is 46.8 Å². The standard InChI is InChI=1S/C35H43ClFN3O4S/c1-23-21-39-22-29(40(23)45(42,43)30-9-5-4-6-10-30)16-17-31-26(8-7-11-32(31)37)18-33(41)34(38)35(19-24(2)44-25(3)20-35)27-12-14-28(36)15-13-27/h4-15,23-25,29,34,39H,16-22,38H2,1-3H3/t23-,24-,25+,29+,34-,35?/m1/s1. The Hall–Kier alpha value is -2.66. The molecule has 0 spiro atoms. The second-order valence-electron chi connectivity index (χ2n) is 12.7. The lowest BCUT2D eigenvalue weighted by molar-refractivity contribution is -0.125. The quantitative estimate of drug-likeness (QED) is 0.302. The molecule has 2 heterocycles. The van der Waals surface area contributed by atoms with E-state index in [4.69, 9.17) is 22.1 Å². The Morgan fingerprint density at radius 1 is 1.02 bits per heavy atom. The van der Waals surface area contributed by atoms with Crippen LogP contribution in [0.2, 0.25) is 5.02 Å². The van der Waals surface area contributed by atoms with Crippen LogP contribution in [0.15, 0.2) is 77.7 Å². The number of halogens is 2. The Morgan fingerprint density at radius 2 is 1.69 bits per heavy atom. The average Bonchev–Trinajstić information content (AvgIpc) is 3.00. The molecule has 0 amide bonds. The van der Waals surface area contributed by atoms with E-state index < -0.39 is 27.3 Å². The molecular formula is C35H43ClFN3O4S. The molecule has 7 nitrogen and oxygen atoms in total. The number of rotatable bonds is 10. The summed E-state index contributed by atoms with van der Waals surface area (Å²) in [7, 11) is -3.76. The van der Waals surface area contributed by atoms with E-state index in [0.717, 1.165) is 5.56 Å². The summed E-state index contributed by atoms with van der Waals surface area (Å²) in [6.07, 6.45) is 1.57. The van der Waals surface area contributed by atoms with Gasteiger partial charge in [0.1, 0.15) is 5.82 Å². The van der Waals surface area contributed by atoms with Crippen molar-refractivity contribution in [3.8, 4) is 0 Å². The summed E-state index contributed by atoms with van der Waals surface area (Å²) in [5.74, 6) is -0.594. The molecule has 10 heteroatoms. The number of carbonyl (C=O) groups is 1. The van der Waals surface area contributed by atoms with Crippen molar-refractivity contribution in [2.75, 3.05) is 13.1 Å². The Morgan fingerprint density at radius 3 is 2.36 bits per heavy atom. The molecule has 0 bridgehead atoms. The summed E-state index contributed by atoms with van der Waals surface area (Å²) in [6.45, 7) is 6.83. The van der Waals surface area contributed by atoms with Gasteiger partial charge in [0.25, 0.3) is 0 Å². The van der Waals surface area contributed by atoms with Crippen LogP contribution in [0.4, 0.5) is 4.39 Å². The molecule has 2 aliphatic heterocycles. The van der Waals surface area contributed by atoms with Gasteiger partial charge in [-0.2, -0.15) is 4.31 Å². The maximum Gasteiger partial charge on any atom is 0.243 e. The predicted molar refractivity (Wildman–Crippen MR) is 175 cm³/mol. The maximum atomic E-state index is 15.4. The number of Topliss-reactive ketones (excluding diaryl/α,β-unsaturated/α-hetero) is 1. The molecule has 3 aromatic carbocycles. The molecule has 45 heavy (non-hydrogen) atoms. The third kappa shape index (κ3) is 7.19. The Kier molecular flexibility index (Phi) is 10.5. The van der Waals surface area contributed by atoms with Gasteiger partial charge in [0, 0.05) is 42.0 Å². The van der Waals surface area contributed by atoms with Crippen LogP contribution in [-0.4, -0.2) is 61.9 Å². The lowest BCUT2D eigenvalue weighted by Crippen LogP contribution is -2.58. The van der Waals surface area contributed by atoms with Gasteiger partial charge in [-0.15, -0.1) is 0 Å². The largest absolute Gasteiger partial charge is 0.375 e. The highest BCUT2D eigenvalue weighted by Crippen LogP contribution is 2.43. The molecule has 6 atom stereocenters. The van der Waals surface area contributed by atoms with E-state index in [1.165, 1.54) is 6.07 Å². The number of ether oxygens (including phenoxy) is 1. The lowest BCUT2D eigenvalue weighted by Gasteiger charge is -2.46. The van der Waals surface area contributed by atoms with Crippen molar-refractivity contribution in [3.05, 3.63) is 100 Å². The molecule has 2 aliphatic rings. The van der Waals surface area contributed by atoms with E-state index in [-0.39, 0.29) is 47.8 Å². The topological polar surface area (TPSA) is 102 Å². The third-order valence-corrected chi connectivity index (χ3v) is 11.7. The molecule has 3 aromatic rings. The Labute approximate surface area is 271 Å². The summed E-state index contributed by atoms with van der Waals surface area (Å²) in [6, 6.07) is 19.1. The van der Waals surface area contributed by atoms with Crippen LogP contribution in [0.25, 0.3) is 0 Å². The van der Waals surface area contributed by atoms with Gasteiger partial charge in [-0.1, -0.05) is 54.1 Å². The molecule has 2 fully saturated rings. The number of hydrogen-bond donors (Lipinski definition) is 2. The molecule has 1 unspecified atom stereocenters. The van der Waals surface area contributed by atoms with E-state index in [1.807, 2.05) is 45.0 Å². The smallest absolute Gasteiger partial charge is 0.243 e. The molecule has 5 rings (SSSR count). The Balaban J connectivity index is 1.39. The van der Waals surface area contributed by atoms with Gasteiger partial charge < -0.3 is 15.8 Å². The number of carbonyl (C=O) groups excluding carboxylic acids is 1. The zero-order valence-corrected chi connectivity index (χ0v) is 27.7. The molecule has 0 aliphatic carbocycles. The second-order valence-corrected chi connectivity index (χ2v) is 15.0. The minimum absolute atomic E-state index is 0.0292. The van der Waals surface area contributed by atoms with Gasteiger partial charge in [0.15, 0.2) is 5.78 Å². The molecule has 0 aromatic heterocycles. The van der Waals surface area contributed by atoms with Crippen molar-refractivity contribution in [3.63, 3.8) is 0 Å². The number of ketones is 1. The average molecular weight is 656 g/mol. The molecule has 2 saturated heterocycles. The van der Waals surface area contributed by atoms with Gasteiger partial charge >= 0.3 is 0 Å². The zero-order valence-electron chi connectivity index (χ0n) is 26.1. The highest BCUT2D eigenvalue weighted by molar-refractivity contribution is 7.89. The number of nitrogens with one attached hydrogen (secondary N) is 1. The summed E-state index contributed by atoms with van der Waals surface area (Å²) < 4.78 is 50.4. The fourth-order valence-corrected chi connectivity index (χ4v) is 9.39. The fraction of sp³-hybridized carbons (Fsp3) is 0.457. The van der Waals surface area contributed by atoms with Crippen LogP contribution in [-0.2, 0) is 37.8 Å². The first-order valence-electron chi connectivity index (χ1n) is 15.7. The van der Waals surface area contributed by atoms with Gasteiger partial charge in [-0.25, -0.2) is 12.8 Å². The van der Waals surface area contributed by atoms with Crippen molar-refractivity contribution in [1.82, 2.24) is 9.62 Å². The number of sulfonamides is 1. The van der Waals surface area contributed by atoms with Crippen LogP contribution in [0.1, 0.15) is 56.7 Å². The highest BCUT2D eigenvalue weighted by Gasteiger charge is 2.47. The summed E-state index contributed by atoms with van der Waals surface area (Å²) in [4.78, 5) is 14.2. The molecular weight excluding hydrogens is 613 g/mol. The summed E-state index contributed by atoms with van der Waals surface area (Å²) >= 11 is 6.20. The van der Waals surface area contributed by atoms with E-state index in [0.29, 0.717) is 48.5 Å². The van der Waals surface area contributed by atoms with Crippen LogP contribution in [0, 0.1) is 5.82 Å². The predicted octanol–water partition coefficient (Wildman–Crippen LogP) is 5.43. The maximum absolute atomic E-state index is 15.4. The molecule has 242 valence electrons. The van der Waals surface area contributed by atoms with Crippen molar-refractivity contribution < 1.29 is 22.3 Å². The SMILES string of the molecule is C[C@@H]1CC(c2ccc(Cl)cc2)([C@H](N)C(=O)Cc2cccc(F)c2CC[C@H]2CNC[C@@H](C)N2S(=O)(=O)c2ccccc2)C[C@H](C)O1. The van der Waals surface area contributed by atoms with Gasteiger partial charge in [-0.3, -0.25) is 4.79 Å². The first-order chi connectivity index (χ1) is 21.4. The van der Waals surface area contributed by atoms with E-state index in [2.05, 4.69) is 5.32 Å². The van der Waals surface area contributed by atoms with Gasteiger partial charge in [0.2, 0.25) is 10.0 Å². The lowest BCUT2D eigenvalue weighted by atomic mass is 9.64. The number of benzene rings is 3. The van der Waals surface area contributed by atoms with Crippen molar-refractivity contribution in [1.29, 1.82) is 0 Å². The summed E-state index contributed by atoms with van der Waals surface area (Å²) in [5, 5.41) is 3.93. The van der Waals surface area contributed by atoms with Gasteiger partial charge in [-0.05, 0) is 93.5 Å². The van der Waals surface area contributed by atoms with Gasteiger partial charge in [0.05, 0.1) is 23.1 Å². The number of piperazine rings is 1. The third-order valence-electron chi connectivity index (χ3n) is 9.37. The van der Waals surface area contributed by atoms with Crippen LogP contribution >= 0.6 is 11.6 Å². The van der Waals surface area contributed by atoms with Crippen molar-refractivity contribution in [2.45, 2.75) is 93.5 Å². The number of nitrogens with zero attached hydrogens (tertiary/aromatic N) is 1. The molecule has 0 radical (unpaired) electrons. The summed E-state index contributed by atoms with van der Waals surface area (Å²) in [5.41, 5.74) is 8.14. The van der Waals surface area contributed by atoms with E-state index in [9.17, 15) is 13.2 Å². The van der Waals surface area contributed by atoms with Crippen LogP contribution in [0.5, 0.6) is 0 Å². The molecule has 3 N–H and O–H groups in total. The van der Waals surface area contributed by atoms with Crippen LogP contribution < -0.4 is 11.1 Å². The number of nitrogens with two attached hydrogens (primary N) is 1. The Bertz CT molecular complexity index is 1580. The van der Waals surface area contributed by atoms with Crippen LogP contribution in [0.3, 0.4) is 0 Å². The monoisotopic (exact) mass is 655 g/mol. The minimum Gasteiger partial charge on any atom is -0.375 e. The first-order valence-corrected chi connectivity index (χ1v) is 17.5. The van der Waals surface area contributed by atoms with E-state index >= 15 is 4.39 Å². The normalized spacial score (nSPS) is 26.8. The minimum atomic E-state index is -3.76.